The second-order valence-corrected chi connectivity index (χ2v) is 12.4. The molecule has 0 saturated heterocycles. The quantitative estimate of drug-likeness (QED) is 0.213. The van der Waals surface area contributed by atoms with Crippen molar-refractivity contribution in [2.45, 2.75) is 86.1 Å². The Balaban J connectivity index is 0.000000395. The van der Waals surface area contributed by atoms with Gasteiger partial charge in [-0.05, 0) is 101 Å². The van der Waals surface area contributed by atoms with Crippen LogP contribution in [0.25, 0.3) is 22.3 Å². The lowest BCUT2D eigenvalue weighted by Crippen LogP contribution is -2.40. The molecule has 1 heterocycles. The van der Waals surface area contributed by atoms with Crippen LogP contribution in [0.3, 0.4) is 0 Å². The van der Waals surface area contributed by atoms with Crippen LogP contribution in [-0.4, -0.2) is 25.2 Å². The number of unbranched alkanes of at least 4 members (excludes halogenated alkanes) is 2. The molecule has 0 aromatic heterocycles. The molecule has 0 fully saturated rings. The number of benzene rings is 4. The highest BCUT2D eigenvalue weighted by Crippen LogP contribution is 2.63. The fourth-order valence-electron chi connectivity index (χ4n) is 6.88. The third-order valence-corrected chi connectivity index (χ3v) is 9.48. The van der Waals surface area contributed by atoms with E-state index in [1.807, 2.05) is 0 Å². The molecular weight excluding hydrogens is 508 g/mol. The Hall–Kier alpha value is -3.36. The molecule has 4 aromatic rings. The topological polar surface area (TPSA) is 6.48 Å². The van der Waals surface area contributed by atoms with Crippen molar-refractivity contribution in [3.05, 3.63) is 112 Å². The fraction of sp³-hybridized carbons (Fsp3) is 0.400. The van der Waals surface area contributed by atoms with E-state index in [0.29, 0.717) is 0 Å². The molecule has 220 valence electrons. The van der Waals surface area contributed by atoms with Crippen LogP contribution in [0.1, 0.15) is 99.2 Å². The van der Waals surface area contributed by atoms with Gasteiger partial charge in [-0.15, -0.1) is 0 Å². The maximum absolute atomic E-state index is 2.54. The smallest absolute Gasteiger partial charge is 0.0726 e. The highest BCUT2D eigenvalue weighted by atomic mass is 15.3. The lowest BCUT2D eigenvalue weighted by Gasteiger charge is -2.38. The molecule has 1 atom stereocenters. The summed E-state index contributed by atoms with van der Waals surface area (Å²) in [5.74, 6) is 0. The second-order valence-electron chi connectivity index (χ2n) is 12.4. The zero-order valence-electron chi connectivity index (χ0n) is 27.3. The summed E-state index contributed by atoms with van der Waals surface area (Å²) in [7, 11) is 2.23. The first-order valence-corrected chi connectivity index (χ1v) is 16.3. The molecule has 4 aromatic carbocycles. The molecule has 3 aliphatic rings. The van der Waals surface area contributed by atoms with Crippen molar-refractivity contribution >= 4 is 5.69 Å². The molecule has 2 aliphatic carbocycles. The molecule has 7 rings (SSSR count). The van der Waals surface area contributed by atoms with Gasteiger partial charge in [-0.1, -0.05) is 114 Å². The molecule has 0 radical (unpaired) electrons. The lowest BCUT2D eigenvalue weighted by atomic mass is 9.70. The van der Waals surface area contributed by atoms with Gasteiger partial charge in [-0.25, -0.2) is 0 Å². The van der Waals surface area contributed by atoms with Crippen molar-refractivity contribution in [1.29, 1.82) is 0 Å². The number of hydrogen-bond acceptors (Lipinski definition) is 2. The Morgan fingerprint density at radius 1 is 0.595 bits per heavy atom. The molecule has 1 unspecified atom stereocenters. The average Bonchev–Trinajstić information content (AvgIpc) is 3.46. The van der Waals surface area contributed by atoms with E-state index >= 15 is 0 Å². The SMILES string of the molecule is CCCC.CCCC.CCN1CN(C)Cc2cc3c(cc21)C1(c2ccccc2-c2cc(C)c(C)cc21)c1ccccc1-3. The van der Waals surface area contributed by atoms with E-state index in [-0.39, 0.29) is 5.41 Å². The van der Waals surface area contributed by atoms with Crippen LogP contribution in [0.4, 0.5) is 5.69 Å². The van der Waals surface area contributed by atoms with Crippen molar-refractivity contribution in [3.63, 3.8) is 0 Å². The maximum Gasteiger partial charge on any atom is 0.0726 e. The first-order valence-electron chi connectivity index (χ1n) is 16.3. The first kappa shape index (κ1) is 30.1. The fourth-order valence-corrected chi connectivity index (χ4v) is 6.88. The van der Waals surface area contributed by atoms with E-state index < -0.39 is 0 Å². The number of nitrogens with zero attached hydrogens (tertiary/aromatic N) is 2. The van der Waals surface area contributed by atoms with Gasteiger partial charge in [-0.3, -0.25) is 4.90 Å². The molecule has 1 aliphatic heterocycles. The van der Waals surface area contributed by atoms with Crippen molar-refractivity contribution in [2.75, 3.05) is 25.2 Å². The van der Waals surface area contributed by atoms with Gasteiger partial charge in [0, 0.05) is 18.8 Å². The van der Waals surface area contributed by atoms with Crippen LogP contribution >= 0.6 is 0 Å². The molecule has 0 N–H and O–H groups in total. The predicted molar refractivity (Wildman–Crippen MR) is 183 cm³/mol. The standard InChI is InChI=1S/C32H30N2.2C4H10/c1-5-34-19-33(4)18-22-16-26-24-11-7-9-13-28(24)32(30(26)17-31(22)34)27-12-8-6-10-23(27)25-14-20(2)21(3)15-29(25)32;2*1-3-4-2/h6-17H,5,18-19H2,1-4H3;2*3-4H2,1-2H3. The highest BCUT2D eigenvalue weighted by molar-refractivity contribution is 5.96. The molecule has 0 amide bonds. The Morgan fingerprint density at radius 2 is 1.10 bits per heavy atom. The minimum Gasteiger partial charge on any atom is -0.359 e. The van der Waals surface area contributed by atoms with E-state index in [9.17, 15) is 0 Å². The summed E-state index contributed by atoms with van der Waals surface area (Å²) in [4.78, 5) is 4.94. The third kappa shape index (κ3) is 4.78. The van der Waals surface area contributed by atoms with Gasteiger partial charge in [0.2, 0.25) is 0 Å². The Bertz CT molecular complexity index is 1560. The van der Waals surface area contributed by atoms with E-state index in [1.165, 1.54) is 92.6 Å². The number of anilines is 1. The Kier molecular flexibility index (Phi) is 8.94. The summed E-state index contributed by atoms with van der Waals surface area (Å²) in [5, 5.41) is 0. The minimum atomic E-state index is -0.256. The molecule has 0 saturated carbocycles. The van der Waals surface area contributed by atoms with Crippen LogP contribution in [0.15, 0.2) is 72.8 Å². The molecule has 1 spiro atoms. The molecule has 2 heteroatoms. The molecule has 42 heavy (non-hydrogen) atoms. The zero-order chi connectivity index (χ0) is 30.0. The van der Waals surface area contributed by atoms with Gasteiger partial charge in [0.05, 0.1) is 12.1 Å². The Labute approximate surface area is 255 Å². The summed E-state index contributed by atoms with van der Waals surface area (Å²) in [6.07, 6.45) is 5.28. The highest BCUT2D eigenvalue weighted by Gasteiger charge is 2.52. The van der Waals surface area contributed by atoms with Crippen LogP contribution in [0.5, 0.6) is 0 Å². The predicted octanol–water partition coefficient (Wildman–Crippen LogP) is 10.5. The van der Waals surface area contributed by atoms with Gasteiger partial charge < -0.3 is 4.90 Å². The lowest BCUT2D eigenvalue weighted by molar-refractivity contribution is 0.310. The summed E-state index contributed by atoms with van der Waals surface area (Å²) >= 11 is 0. The van der Waals surface area contributed by atoms with E-state index in [0.717, 1.165) is 19.8 Å². The minimum absolute atomic E-state index is 0.256. The normalized spacial score (nSPS) is 17.3. The largest absolute Gasteiger partial charge is 0.359 e. The summed E-state index contributed by atoms with van der Waals surface area (Å²) in [5.41, 5.74) is 16.6. The van der Waals surface area contributed by atoms with Gasteiger partial charge >= 0.3 is 0 Å². The van der Waals surface area contributed by atoms with Crippen LogP contribution in [-0.2, 0) is 12.0 Å². The number of hydrogen-bond donors (Lipinski definition) is 0. The van der Waals surface area contributed by atoms with Crippen molar-refractivity contribution in [3.8, 4) is 22.3 Å². The molecule has 2 nitrogen and oxygen atoms in total. The van der Waals surface area contributed by atoms with Gasteiger partial charge in [0.1, 0.15) is 0 Å². The van der Waals surface area contributed by atoms with Crippen molar-refractivity contribution < 1.29 is 0 Å². The van der Waals surface area contributed by atoms with Gasteiger partial charge in [0.15, 0.2) is 0 Å². The van der Waals surface area contributed by atoms with Gasteiger partial charge in [-0.2, -0.15) is 0 Å². The van der Waals surface area contributed by atoms with E-state index in [1.54, 1.807) is 0 Å². The summed E-state index contributed by atoms with van der Waals surface area (Å²) < 4.78 is 0. The first-order chi connectivity index (χ1) is 20.4. The van der Waals surface area contributed by atoms with Crippen LogP contribution < -0.4 is 4.90 Å². The average molecular weight is 559 g/mol. The van der Waals surface area contributed by atoms with E-state index in [2.05, 4.69) is 138 Å². The van der Waals surface area contributed by atoms with Crippen molar-refractivity contribution in [1.82, 2.24) is 4.90 Å². The van der Waals surface area contributed by atoms with E-state index in [4.69, 9.17) is 0 Å². The molecular formula is C40H50N2. The summed E-state index contributed by atoms with van der Waals surface area (Å²) in [6, 6.07) is 28.2. The van der Waals surface area contributed by atoms with Crippen LogP contribution in [0.2, 0.25) is 0 Å². The number of fused-ring (bicyclic) bond motifs is 11. The maximum atomic E-state index is 2.54. The van der Waals surface area contributed by atoms with Crippen LogP contribution in [0, 0.1) is 13.8 Å². The molecule has 0 bridgehead atoms. The monoisotopic (exact) mass is 558 g/mol. The zero-order valence-corrected chi connectivity index (χ0v) is 27.3. The Morgan fingerprint density at radius 3 is 1.64 bits per heavy atom. The number of rotatable bonds is 3. The van der Waals surface area contributed by atoms with Gasteiger partial charge in [0.25, 0.3) is 0 Å². The second kappa shape index (κ2) is 12.5. The summed E-state index contributed by atoms with van der Waals surface area (Å²) in [6.45, 7) is 18.5. The number of aryl methyl sites for hydroxylation is 2. The third-order valence-electron chi connectivity index (χ3n) is 9.48. The van der Waals surface area contributed by atoms with Crippen molar-refractivity contribution in [2.24, 2.45) is 0 Å².